The molecule has 0 saturated carbocycles. The summed E-state index contributed by atoms with van der Waals surface area (Å²) in [5.41, 5.74) is 2.57. The van der Waals surface area contributed by atoms with Crippen LogP contribution in [-0.4, -0.2) is 24.7 Å². The average molecular weight is 377 g/mol. The second kappa shape index (κ2) is 7.01. The van der Waals surface area contributed by atoms with E-state index >= 15 is 0 Å². The third-order valence-corrected chi connectivity index (χ3v) is 6.06. The topological polar surface area (TPSA) is 41.6 Å². The van der Waals surface area contributed by atoms with Crippen molar-refractivity contribution in [3.8, 4) is 5.75 Å². The van der Waals surface area contributed by atoms with Gasteiger partial charge in [-0.15, -0.1) is 0 Å². The molecule has 28 heavy (non-hydrogen) atoms. The van der Waals surface area contributed by atoms with Crippen LogP contribution >= 0.6 is 0 Å². The summed E-state index contributed by atoms with van der Waals surface area (Å²) in [5, 5.41) is 3.27. The molecule has 4 nitrogen and oxygen atoms in total. The highest BCUT2D eigenvalue weighted by Gasteiger charge is 2.59. The molecule has 1 amide bonds. The van der Waals surface area contributed by atoms with Gasteiger partial charge in [0.15, 0.2) is 0 Å². The predicted octanol–water partition coefficient (Wildman–Crippen LogP) is 4.50. The van der Waals surface area contributed by atoms with Crippen molar-refractivity contribution in [3.05, 3.63) is 65.7 Å². The molecule has 0 spiro atoms. The van der Waals surface area contributed by atoms with E-state index in [9.17, 15) is 4.79 Å². The van der Waals surface area contributed by atoms with Crippen LogP contribution in [0.2, 0.25) is 0 Å². The molecule has 2 heterocycles. The van der Waals surface area contributed by atoms with E-state index in [1.165, 1.54) is 5.56 Å². The molecule has 0 bridgehead atoms. The van der Waals surface area contributed by atoms with Crippen LogP contribution in [0.5, 0.6) is 5.75 Å². The van der Waals surface area contributed by atoms with Gasteiger partial charge >= 0.3 is 0 Å². The lowest BCUT2D eigenvalue weighted by molar-refractivity contribution is -0.118. The van der Waals surface area contributed by atoms with Crippen molar-refractivity contribution in [1.82, 2.24) is 5.32 Å². The molecular formula is C24H28N2O2. The Bertz CT molecular complexity index is 918. The number of amides is 1. The molecule has 1 saturated heterocycles. The maximum atomic E-state index is 12.4. The molecule has 1 fully saturated rings. The number of carbonyl (C=O) groups is 1. The standard InChI is InChI=1S/C24H28N2O2/c1-4-5-16-28-21-13-9-6-10-18(21)14-15-24-23(2,3)19-11-7-8-12-20(19)26(24)17-22(27)25-24/h6-15H,4-5,16-17H2,1-3H3,(H,25,27)/b15-14+. The first-order valence-electron chi connectivity index (χ1n) is 10.1. The van der Waals surface area contributed by atoms with Gasteiger partial charge in [-0.1, -0.05) is 69.7 Å². The first-order chi connectivity index (χ1) is 13.5. The van der Waals surface area contributed by atoms with Crippen molar-refractivity contribution in [3.63, 3.8) is 0 Å². The Kier molecular flexibility index (Phi) is 4.66. The van der Waals surface area contributed by atoms with Gasteiger partial charge in [-0.2, -0.15) is 0 Å². The molecule has 0 radical (unpaired) electrons. The van der Waals surface area contributed by atoms with Crippen LogP contribution < -0.4 is 15.0 Å². The van der Waals surface area contributed by atoms with Crippen LogP contribution in [0.1, 0.15) is 44.7 Å². The summed E-state index contributed by atoms with van der Waals surface area (Å²) < 4.78 is 5.98. The van der Waals surface area contributed by atoms with Gasteiger partial charge in [0.05, 0.1) is 13.2 Å². The van der Waals surface area contributed by atoms with Gasteiger partial charge in [0.1, 0.15) is 11.4 Å². The lowest BCUT2D eigenvalue weighted by atomic mass is 9.75. The van der Waals surface area contributed by atoms with Gasteiger partial charge in [0, 0.05) is 16.7 Å². The molecule has 2 aromatic carbocycles. The van der Waals surface area contributed by atoms with E-state index in [1.54, 1.807) is 0 Å². The number of carbonyl (C=O) groups excluding carboxylic acids is 1. The lowest BCUT2D eigenvalue weighted by Gasteiger charge is -2.40. The van der Waals surface area contributed by atoms with Gasteiger partial charge in [-0.25, -0.2) is 0 Å². The van der Waals surface area contributed by atoms with E-state index in [0.717, 1.165) is 29.8 Å². The molecule has 0 aliphatic carbocycles. The second-order valence-corrected chi connectivity index (χ2v) is 8.12. The zero-order valence-corrected chi connectivity index (χ0v) is 16.9. The summed E-state index contributed by atoms with van der Waals surface area (Å²) in [4.78, 5) is 14.6. The maximum Gasteiger partial charge on any atom is 0.241 e. The Balaban J connectivity index is 1.72. The number of hydrogen-bond donors (Lipinski definition) is 1. The molecule has 4 heteroatoms. The molecular weight excluding hydrogens is 348 g/mol. The summed E-state index contributed by atoms with van der Waals surface area (Å²) in [6.07, 6.45) is 6.37. The van der Waals surface area contributed by atoms with Crippen molar-refractivity contribution in [1.29, 1.82) is 0 Å². The van der Waals surface area contributed by atoms with Gasteiger partial charge in [0.2, 0.25) is 5.91 Å². The molecule has 2 aliphatic rings. The van der Waals surface area contributed by atoms with Crippen molar-refractivity contribution in [2.75, 3.05) is 18.1 Å². The number of para-hydroxylation sites is 2. The van der Waals surface area contributed by atoms with Crippen LogP contribution in [0.4, 0.5) is 5.69 Å². The quantitative estimate of drug-likeness (QED) is 0.755. The number of benzene rings is 2. The van der Waals surface area contributed by atoms with Crippen molar-refractivity contribution in [2.45, 2.75) is 44.7 Å². The molecule has 0 aromatic heterocycles. The van der Waals surface area contributed by atoms with E-state index in [1.807, 2.05) is 24.3 Å². The van der Waals surface area contributed by atoms with Crippen molar-refractivity contribution >= 4 is 17.7 Å². The number of nitrogens with one attached hydrogen (secondary N) is 1. The summed E-state index contributed by atoms with van der Waals surface area (Å²) >= 11 is 0. The summed E-state index contributed by atoms with van der Waals surface area (Å²) in [6.45, 7) is 7.65. The third kappa shape index (κ3) is 2.79. The Hall–Kier alpha value is -2.75. The average Bonchev–Trinajstić information content (AvgIpc) is 3.12. The number of anilines is 1. The van der Waals surface area contributed by atoms with E-state index in [4.69, 9.17) is 4.74 Å². The zero-order valence-electron chi connectivity index (χ0n) is 16.9. The molecule has 1 N–H and O–H groups in total. The fourth-order valence-corrected chi connectivity index (χ4v) is 4.43. The SMILES string of the molecule is CCCCOc1ccccc1/C=C/C12NC(=O)CN1c1ccccc1C2(C)C. The van der Waals surface area contributed by atoms with Crippen LogP contribution in [-0.2, 0) is 10.2 Å². The fourth-order valence-electron chi connectivity index (χ4n) is 4.43. The number of nitrogens with zero attached hydrogens (tertiary/aromatic N) is 1. The fraction of sp³-hybridized carbons (Fsp3) is 0.375. The van der Waals surface area contributed by atoms with Gasteiger partial charge in [0.25, 0.3) is 0 Å². The van der Waals surface area contributed by atoms with Crippen LogP contribution in [0.25, 0.3) is 6.08 Å². The third-order valence-electron chi connectivity index (χ3n) is 6.06. The molecule has 146 valence electrons. The predicted molar refractivity (Wildman–Crippen MR) is 114 cm³/mol. The number of ether oxygens (including phenoxy) is 1. The highest BCUT2D eigenvalue weighted by atomic mass is 16.5. The van der Waals surface area contributed by atoms with Crippen molar-refractivity contribution in [2.24, 2.45) is 0 Å². The van der Waals surface area contributed by atoms with Crippen LogP contribution in [0, 0.1) is 0 Å². The maximum absolute atomic E-state index is 12.4. The molecule has 1 atom stereocenters. The summed E-state index contributed by atoms with van der Waals surface area (Å²) in [7, 11) is 0. The molecule has 2 aliphatic heterocycles. The Morgan fingerprint density at radius 3 is 2.71 bits per heavy atom. The Labute approximate surface area is 167 Å². The van der Waals surface area contributed by atoms with Gasteiger partial charge in [-0.05, 0) is 30.2 Å². The number of hydrogen-bond acceptors (Lipinski definition) is 3. The Morgan fingerprint density at radius 1 is 1.14 bits per heavy atom. The second-order valence-electron chi connectivity index (χ2n) is 8.12. The lowest BCUT2D eigenvalue weighted by Crippen LogP contribution is -2.58. The number of fused-ring (bicyclic) bond motifs is 3. The summed E-state index contributed by atoms with van der Waals surface area (Å²) in [5.74, 6) is 0.937. The van der Waals surface area contributed by atoms with E-state index < -0.39 is 5.66 Å². The van der Waals surface area contributed by atoms with Crippen LogP contribution in [0.3, 0.4) is 0 Å². The van der Waals surface area contributed by atoms with Crippen molar-refractivity contribution < 1.29 is 9.53 Å². The van der Waals surface area contributed by atoms with Gasteiger partial charge in [-0.3, -0.25) is 4.79 Å². The zero-order chi connectivity index (χ0) is 19.8. The number of unbranched alkanes of at least 4 members (excludes halogenated alkanes) is 1. The highest BCUT2D eigenvalue weighted by Crippen LogP contribution is 2.52. The first kappa shape index (κ1) is 18.6. The summed E-state index contributed by atoms with van der Waals surface area (Å²) in [6, 6.07) is 16.5. The van der Waals surface area contributed by atoms with Crippen LogP contribution in [0.15, 0.2) is 54.6 Å². The van der Waals surface area contributed by atoms with E-state index in [0.29, 0.717) is 13.2 Å². The van der Waals surface area contributed by atoms with E-state index in [2.05, 4.69) is 67.4 Å². The van der Waals surface area contributed by atoms with Gasteiger partial charge < -0.3 is 15.0 Å². The normalized spacial score (nSPS) is 22.2. The minimum absolute atomic E-state index is 0.0553. The minimum Gasteiger partial charge on any atom is -0.493 e. The Morgan fingerprint density at radius 2 is 1.89 bits per heavy atom. The van der Waals surface area contributed by atoms with E-state index in [-0.39, 0.29) is 11.3 Å². The first-order valence-corrected chi connectivity index (χ1v) is 10.1. The molecule has 1 unspecified atom stereocenters. The highest BCUT2D eigenvalue weighted by molar-refractivity contribution is 5.91. The molecule has 4 rings (SSSR count). The largest absolute Gasteiger partial charge is 0.493 e. The minimum atomic E-state index is -0.579. The smallest absolute Gasteiger partial charge is 0.241 e. The monoisotopic (exact) mass is 376 g/mol. The number of rotatable bonds is 6. The molecule has 2 aromatic rings.